The van der Waals surface area contributed by atoms with Crippen molar-refractivity contribution in [3.8, 4) is 28.9 Å². The van der Waals surface area contributed by atoms with Gasteiger partial charge in [0.25, 0.3) is 0 Å². The molecule has 8 heteroatoms. The van der Waals surface area contributed by atoms with Gasteiger partial charge in [0.1, 0.15) is 23.2 Å². The Hall–Kier alpha value is -4.38. The summed E-state index contributed by atoms with van der Waals surface area (Å²) in [5, 5.41) is 17.2. The number of nitrogens with one attached hydrogen (secondary N) is 1. The second-order valence-corrected chi connectivity index (χ2v) is 6.91. The van der Waals surface area contributed by atoms with Gasteiger partial charge in [-0.3, -0.25) is 4.98 Å². The van der Waals surface area contributed by atoms with E-state index in [1.54, 1.807) is 18.6 Å². The molecular weight excluding hydrogens is 378 g/mol. The molecule has 30 heavy (non-hydrogen) atoms. The molecule has 4 aromatic rings. The largest absolute Gasteiger partial charge is 0.422 e. The molecule has 0 bridgehead atoms. The van der Waals surface area contributed by atoms with Gasteiger partial charge >= 0.3 is 0 Å². The maximum absolute atomic E-state index is 9.84. The Balaban J connectivity index is 1.65. The fourth-order valence-corrected chi connectivity index (χ4v) is 3.79. The Morgan fingerprint density at radius 2 is 1.90 bits per heavy atom. The van der Waals surface area contributed by atoms with Crippen LogP contribution in [0.2, 0.25) is 0 Å². The lowest BCUT2D eigenvalue weighted by molar-refractivity contribution is 0.379. The molecule has 0 fully saturated rings. The van der Waals surface area contributed by atoms with Gasteiger partial charge in [0, 0.05) is 36.0 Å². The first-order chi connectivity index (χ1) is 14.7. The van der Waals surface area contributed by atoms with Crippen LogP contribution in [0.3, 0.4) is 0 Å². The number of aryl methyl sites for hydroxylation is 1. The zero-order valence-electron chi connectivity index (χ0n) is 16.1. The van der Waals surface area contributed by atoms with Gasteiger partial charge < -0.3 is 15.0 Å². The Labute approximate surface area is 172 Å². The highest BCUT2D eigenvalue weighted by molar-refractivity contribution is 5.70. The quantitative estimate of drug-likeness (QED) is 0.550. The van der Waals surface area contributed by atoms with Crippen molar-refractivity contribution in [1.29, 1.82) is 5.26 Å². The standard InChI is InChI=1S/C22H17N7O/c1-13-26-10-11-29(13)16-4-2-14(3-5-16)18-17(12-23)21(24)30-22-19(18)20(27-28-22)15-6-8-25-9-7-15/h2-11,18H,24H2,1H3,(H,27,28). The minimum atomic E-state index is -0.404. The highest BCUT2D eigenvalue weighted by Gasteiger charge is 2.35. The lowest BCUT2D eigenvalue weighted by atomic mass is 9.83. The monoisotopic (exact) mass is 395 g/mol. The maximum Gasteiger partial charge on any atom is 0.222 e. The average Bonchev–Trinajstić information content (AvgIpc) is 3.39. The van der Waals surface area contributed by atoms with E-state index in [2.05, 4.69) is 26.2 Å². The molecule has 5 rings (SSSR count). The van der Waals surface area contributed by atoms with Gasteiger partial charge in [0.15, 0.2) is 0 Å². The number of aromatic nitrogens is 5. The predicted octanol–water partition coefficient (Wildman–Crippen LogP) is 3.18. The number of pyridine rings is 1. The van der Waals surface area contributed by atoms with Crippen LogP contribution >= 0.6 is 0 Å². The van der Waals surface area contributed by atoms with Gasteiger partial charge in [-0.15, -0.1) is 0 Å². The molecule has 3 aromatic heterocycles. The Morgan fingerprint density at radius 3 is 2.57 bits per heavy atom. The van der Waals surface area contributed by atoms with E-state index in [1.807, 2.05) is 54.1 Å². The number of fused-ring (bicyclic) bond motifs is 1. The number of benzene rings is 1. The summed E-state index contributed by atoms with van der Waals surface area (Å²) in [6.45, 7) is 1.95. The van der Waals surface area contributed by atoms with Gasteiger partial charge in [-0.05, 0) is 36.8 Å². The molecule has 1 aromatic carbocycles. The number of aromatic amines is 1. The third kappa shape index (κ3) is 2.72. The first-order valence-electron chi connectivity index (χ1n) is 9.34. The summed E-state index contributed by atoms with van der Waals surface area (Å²) in [5.41, 5.74) is 10.7. The zero-order valence-corrected chi connectivity index (χ0v) is 16.1. The lowest BCUT2D eigenvalue weighted by Crippen LogP contribution is -2.21. The normalized spacial score (nSPS) is 15.4. The van der Waals surface area contributed by atoms with Crippen LogP contribution in [0.1, 0.15) is 22.9 Å². The van der Waals surface area contributed by atoms with E-state index in [0.717, 1.165) is 28.2 Å². The highest BCUT2D eigenvalue weighted by Crippen LogP contribution is 2.45. The first kappa shape index (κ1) is 17.7. The molecule has 3 N–H and O–H groups in total. The van der Waals surface area contributed by atoms with Gasteiger partial charge in [-0.1, -0.05) is 12.1 Å². The molecule has 0 radical (unpaired) electrons. The van der Waals surface area contributed by atoms with Crippen LogP contribution in [0.15, 0.2) is 72.6 Å². The van der Waals surface area contributed by atoms with Gasteiger partial charge in [-0.2, -0.15) is 10.4 Å². The number of nitrogens with two attached hydrogens (primary N) is 1. The molecule has 146 valence electrons. The SMILES string of the molecule is Cc1nccn1-c1ccc(C2C(C#N)=C(N)Oc3[nH]nc(-c4ccncc4)c32)cc1. The molecule has 1 aliphatic rings. The molecule has 0 saturated carbocycles. The summed E-state index contributed by atoms with van der Waals surface area (Å²) in [5.74, 6) is 1.01. The average molecular weight is 395 g/mol. The lowest BCUT2D eigenvalue weighted by Gasteiger charge is -2.24. The smallest absolute Gasteiger partial charge is 0.222 e. The van der Waals surface area contributed by atoms with Crippen LogP contribution < -0.4 is 10.5 Å². The summed E-state index contributed by atoms with van der Waals surface area (Å²) in [4.78, 5) is 8.34. The molecule has 1 atom stereocenters. The summed E-state index contributed by atoms with van der Waals surface area (Å²) in [6.07, 6.45) is 7.07. The molecule has 1 aliphatic heterocycles. The summed E-state index contributed by atoms with van der Waals surface area (Å²) < 4.78 is 7.67. The van der Waals surface area contributed by atoms with E-state index >= 15 is 0 Å². The van der Waals surface area contributed by atoms with Crippen molar-refractivity contribution in [1.82, 2.24) is 24.7 Å². The summed E-state index contributed by atoms with van der Waals surface area (Å²) >= 11 is 0. The second kappa shape index (κ2) is 6.90. The molecular formula is C22H17N7O. The number of imidazole rings is 1. The van der Waals surface area contributed by atoms with Gasteiger partial charge in [-0.25, -0.2) is 10.1 Å². The van der Waals surface area contributed by atoms with Crippen molar-refractivity contribution in [3.05, 3.63) is 89.6 Å². The van der Waals surface area contributed by atoms with E-state index in [1.165, 1.54) is 0 Å². The Kier molecular flexibility index (Phi) is 4.07. The molecule has 4 heterocycles. The minimum absolute atomic E-state index is 0.0782. The van der Waals surface area contributed by atoms with E-state index in [-0.39, 0.29) is 5.88 Å². The minimum Gasteiger partial charge on any atom is -0.422 e. The molecule has 1 unspecified atom stereocenters. The van der Waals surface area contributed by atoms with Crippen molar-refractivity contribution in [3.63, 3.8) is 0 Å². The van der Waals surface area contributed by atoms with Crippen LogP contribution in [0.25, 0.3) is 16.9 Å². The number of rotatable bonds is 3. The third-order valence-electron chi connectivity index (χ3n) is 5.23. The fraction of sp³-hybridized carbons (Fsp3) is 0.0909. The van der Waals surface area contributed by atoms with Gasteiger partial charge in [0.2, 0.25) is 11.8 Å². The van der Waals surface area contributed by atoms with Crippen LogP contribution in [0, 0.1) is 18.3 Å². The van der Waals surface area contributed by atoms with Crippen molar-refractivity contribution < 1.29 is 4.74 Å². The highest BCUT2D eigenvalue weighted by atomic mass is 16.5. The second-order valence-electron chi connectivity index (χ2n) is 6.91. The molecule has 0 saturated heterocycles. The molecule has 0 amide bonds. The molecule has 0 spiro atoms. The third-order valence-corrected chi connectivity index (χ3v) is 5.23. The molecule has 8 nitrogen and oxygen atoms in total. The van der Waals surface area contributed by atoms with Crippen LogP contribution in [-0.2, 0) is 0 Å². The van der Waals surface area contributed by atoms with Crippen LogP contribution in [-0.4, -0.2) is 24.7 Å². The van der Waals surface area contributed by atoms with Crippen molar-refractivity contribution in [2.45, 2.75) is 12.8 Å². The van der Waals surface area contributed by atoms with Crippen molar-refractivity contribution in [2.24, 2.45) is 5.73 Å². The Bertz CT molecular complexity index is 1290. The number of nitrogens with zero attached hydrogens (tertiary/aromatic N) is 5. The number of H-pyrrole nitrogens is 1. The van der Waals surface area contributed by atoms with Crippen molar-refractivity contribution in [2.75, 3.05) is 0 Å². The van der Waals surface area contributed by atoms with Crippen molar-refractivity contribution >= 4 is 0 Å². The van der Waals surface area contributed by atoms with Crippen LogP contribution in [0.5, 0.6) is 5.88 Å². The molecule has 0 aliphatic carbocycles. The summed E-state index contributed by atoms with van der Waals surface area (Å²) in [7, 11) is 0. The van der Waals surface area contributed by atoms with E-state index in [0.29, 0.717) is 17.1 Å². The fourth-order valence-electron chi connectivity index (χ4n) is 3.79. The number of allylic oxidation sites excluding steroid dienone is 1. The number of nitriles is 1. The van der Waals surface area contributed by atoms with E-state index in [9.17, 15) is 5.26 Å². The van der Waals surface area contributed by atoms with Crippen LogP contribution in [0.4, 0.5) is 0 Å². The topological polar surface area (TPSA) is 118 Å². The predicted molar refractivity (Wildman–Crippen MR) is 109 cm³/mol. The van der Waals surface area contributed by atoms with E-state index in [4.69, 9.17) is 10.5 Å². The van der Waals surface area contributed by atoms with Gasteiger partial charge in [0.05, 0.1) is 11.5 Å². The number of ether oxygens (including phenoxy) is 1. The number of hydrogen-bond donors (Lipinski definition) is 2. The maximum atomic E-state index is 9.84. The zero-order chi connectivity index (χ0) is 20.7. The Morgan fingerprint density at radius 1 is 1.13 bits per heavy atom. The first-order valence-corrected chi connectivity index (χ1v) is 9.34. The number of hydrogen-bond acceptors (Lipinski definition) is 6. The van der Waals surface area contributed by atoms with E-state index < -0.39 is 5.92 Å². The summed E-state index contributed by atoms with van der Waals surface area (Å²) in [6, 6.07) is 13.9.